The van der Waals surface area contributed by atoms with Crippen LogP contribution in [-0.2, 0) is 25.1 Å². The number of carboxylic acid groups (broad SMARTS) is 2. The minimum atomic E-state index is -3.68. The number of rotatable bonds is 12. The van der Waals surface area contributed by atoms with E-state index in [1.165, 1.54) is 0 Å². The fourth-order valence-corrected chi connectivity index (χ4v) is 6.17. The number of hydrogen-bond donors (Lipinski definition) is 3. The van der Waals surface area contributed by atoms with E-state index in [0.717, 1.165) is 23.4 Å². The van der Waals surface area contributed by atoms with Crippen molar-refractivity contribution in [1.29, 1.82) is 0 Å². The first kappa shape index (κ1) is 21.1. The Bertz CT molecular complexity index is 582. The van der Waals surface area contributed by atoms with Gasteiger partial charge in [0.15, 0.2) is 6.10 Å². The van der Waals surface area contributed by atoms with E-state index in [9.17, 15) is 18.7 Å². The van der Waals surface area contributed by atoms with Gasteiger partial charge in [-0.15, -0.1) is 0 Å². The van der Waals surface area contributed by atoms with E-state index in [0.29, 0.717) is 12.2 Å². The minimum Gasteiger partial charge on any atom is -0.481 e. The standard InChI is InChI=1S/C14H19O7PS2/c15-13(16)9-8-12(14(17)18)21-22(19,24-20)23-10-4-7-11-5-2-1-3-6-11/h1-3,5-6,12,20H,4,7-10H2,(H,15,16)(H,17,18). The van der Waals surface area contributed by atoms with E-state index < -0.39 is 30.2 Å². The summed E-state index contributed by atoms with van der Waals surface area (Å²) in [6.45, 7) is 0. The first-order valence-corrected chi connectivity index (χ1v) is 11.7. The van der Waals surface area contributed by atoms with E-state index in [1.807, 2.05) is 30.3 Å². The Hall–Kier alpha value is -0.990. The van der Waals surface area contributed by atoms with Gasteiger partial charge in [-0.2, -0.15) is 0 Å². The molecule has 0 saturated heterocycles. The van der Waals surface area contributed by atoms with Crippen molar-refractivity contribution >= 4 is 40.8 Å². The molecule has 0 amide bonds. The Kier molecular flexibility index (Phi) is 9.46. The molecule has 7 nitrogen and oxygen atoms in total. The second-order valence-corrected chi connectivity index (χ2v) is 11.6. The molecule has 0 spiro atoms. The van der Waals surface area contributed by atoms with Gasteiger partial charge < -0.3 is 14.8 Å². The molecule has 1 aromatic rings. The summed E-state index contributed by atoms with van der Waals surface area (Å²) in [4.78, 5) is 21.6. The van der Waals surface area contributed by atoms with E-state index in [1.54, 1.807) is 0 Å². The average molecular weight is 394 g/mol. The number of hydrogen-bond acceptors (Lipinski definition) is 7. The molecule has 2 atom stereocenters. The van der Waals surface area contributed by atoms with Crippen LogP contribution < -0.4 is 0 Å². The summed E-state index contributed by atoms with van der Waals surface area (Å²) in [6, 6.07) is 9.67. The van der Waals surface area contributed by atoms with Crippen LogP contribution >= 0.6 is 28.8 Å². The third-order valence-corrected chi connectivity index (χ3v) is 8.62. The van der Waals surface area contributed by atoms with Gasteiger partial charge in [-0.05, 0) is 24.8 Å². The molecule has 134 valence electrons. The maximum absolute atomic E-state index is 12.4. The Balaban J connectivity index is 2.49. The van der Waals surface area contributed by atoms with Crippen molar-refractivity contribution in [3.05, 3.63) is 35.9 Å². The van der Waals surface area contributed by atoms with E-state index in [2.05, 4.69) is 0 Å². The van der Waals surface area contributed by atoms with Crippen molar-refractivity contribution in [3.63, 3.8) is 0 Å². The summed E-state index contributed by atoms with van der Waals surface area (Å²) in [5.74, 6) is -5.85. The lowest BCUT2D eigenvalue weighted by molar-refractivity contribution is -0.146. The molecule has 0 fully saturated rings. The van der Waals surface area contributed by atoms with Crippen molar-refractivity contribution in [2.75, 3.05) is 5.75 Å². The Morgan fingerprint density at radius 1 is 1.21 bits per heavy atom. The third-order valence-electron chi connectivity index (χ3n) is 2.95. The Labute approximate surface area is 147 Å². The molecule has 0 aliphatic rings. The molecule has 0 aliphatic carbocycles. The monoisotopic (exact) mass is 394 g/mol. The number of aliphatic carboxylic acids is 2. The minimum absolute atomic E-state index is 0.0160. The fourth-order valence-electron chi connectivity index (χ4n) is 1.80. The summed E-state index contributed by atoms with van der Waals surface area (Å²) in [5, 5.41) is 17.6. The van der Waals surface area contributed by atoms with Crippen molar-refractivity contribution in [1.82, 2.24) is 0 Å². The molecule has 10 heteroatoms. The molecule has 1 rings (SSSR count). The highest BCUT2D eigenvalue weighted by atomic mass is 33.1. The lowest BCUT2D eigenvalue weighted by atomic mass is 10.1. The molecule has 0 aliphatic heterocycles. The smallest absolute Gasteiger partial charge is 0.339 e. The van der Waals surface area contributed by atoms with Crippen LogP contribution in [0.25, 0.3) is 0 Å². The highest BCUT2D eigenvalue weighted by molar-refractivity contribution is 8.87. The fraction of sp³-hybridized carbons (Fsp3) is 0.429. The first-order valence-electron chi connectivity index (χ1n) is 7.11. The summed E-state index contributed by atoms with van der Waals surface area (Å²) < 4.78 is 26.6. The van der Waals surface area contributed by atoms with Gasteiger partial charge >= 0.3 is 17.7 Å². The zero-order valence-electron chi connectivity index (χ0n) is 12.7. The van der Waals surface area contributed by atoms with Crippen LogP contribution in [0, 0.1) is 0 Å². The van der Waals surface area contributed by atoms with E-state index in [4.69, 9.17) is 14.7 Å². The molecule has 3 N–H and O–H groups in total. The number of carboxylic acids is 2. The third kappa shape index (κ3) is 8.21. The van der Waals surface area contributed by atoms with E-state index >= 15 is 0 Å². The normalized spacial score (nSPS) is 14.7. The van der Waals surface area contributed by atoms with Gasteiger partial charge in [-0.25, -0.2) is 4.79 Å². The molecule has 0 radical (unpaired) electrons. The zero-order chi connectivity index (χ0) is 18.0. The van der Waals surface area contributed by atoms with Gasteiger partial charge in [-0.1, -0.05) is 41.7 Å². The predicted molar refractivity (Wildman–Crippen MR) is 94.4 cm³/mol. The highest BCUT2D eigenvalue weighted by Crippen LogP contribution is 2.69. The van der Waals surface area contributed by atoms with Crippen molar-refractivity contribution in [3.8, 4) is 0 Å². The maximum Gasteiger partial charge on any atom is 0.339 e. The molecular formula is C14H19O7PS2. The molecule has 1 aromatic carbocycles. The predicted octanol–water partition coefficient (Wildman–Crippen LogP) is 4.00. The quantitative estimate of drug-likeness (QED) is 0.274. The van der Waals surface area contributed by atoms with Gasteiger partial charge in [0, 0.05) is 12.2 Å². The van der Waals surface area contributed by atoms with Crippen LogP contribution in [0.4, 0.5) is 0 Å². The van der Waals surface area contributed by atoms with E-state index in [-0.39, 0.29) is 18.1 Å². The van der Waals surface area contributed by atoms with Crippen LogP contribution in [0.3, 0.4) is 0 Å². The number of aryl methyl sites for hydroxylation is 1. The van der Waals surface area contributed by atoms with Gasteiger partial charge in [0.05, 0.1) is 11.7 Å². The molecule has 0 aromatic heterocycles. The lowest BCUT2D eigenvalue weighted by Crippen LogP contribution is -2.23. The van der Waals surface area contributed by atoms with Gasteiger partial charge in [-0.3, -0.25) is 13.9 Å². The topological polar surface area (TPSA) is 121 Å². The van der Waals surface area contributed by atoms with Crippen LogP contribution in [0.2, 0.25) is 0 Å². The molecule has 2 unspecified atom stereocenters. The molecular weight excluding hydrogens is 375 g/mol. The maximum atomic E-state index is 12.4. The van der Waals surface area contributed by atoms with Crippen LogP contribution in [0.1, 0.15) is 24.8 Å². The van der Waals surface area contributed by atoms with Crippen LogP contribution in [-0.4, -0.2) is 38.6 Å². The Morgan fingerprint density at radius 3 is 2.42 bits per heavy atom. The molecule has 0 heterocycles. The molecule has 0 saturated carbocycles. The second kappa shape index (κ2) is 10.8. The molecule has 0 bridgehead atoms. The van der Waals surface area contributed by atoms with Gasteiger partial charge in [0.25, 0.3) is 0 Å². The Morgan fingerprint density at radius 2 is 1.88 bits per heavy atom. The molecule has 24 heavy (non-hydrogen) atoms. The SMILES string of the molecule is O=C(O)CCC(OP(=O)(SO)SCCCc1ccccc1)C(=O)O. The first-order chi connectivity index (χ1) is 11.4. The lowest BCUT2D eigenvalue weighted by Gasteiger charge is -2.18. The van der Waals surface area contributed by atoms with Crippen molar-refractivity contribution in [2.24, 2.45) is 0 Å². The zero-order valence-corrected chi connectivity index (χ0v) is 15.3. The average Bonchev–Trinajstić information content (AvgIpc) is 2.56. The second-order valence-electron chi connectivity index (χ2n) is 4.82. The summed E-state index contributed by atoms with van der Waals surface area (Å²) >= 11 is 0.843. The van der Waals surface area contributed by atoms with Crippen LogP contribution in [0.5, 0.6) is 0 Å². The summed E-state index contributed by atoms with van der Waals surface area (Å²) in [6.07, 6.45) is -0.847. The van der Waals surface area contributed by atoms with Gasteiger partial charge in [0.2, 0.25) is 0 Å². The van der Waals surface area contributed by atoms with Crippen molar-refractivity contribution < 1.29 is 33.4 Å². The van der Waals surface area contributed by atoms with Crippen molar-refractivity contribution in [2.45, 2.75) is 31.8 Å². The van der Waals surface area contributed by atoms with Crippen LogP contribution in [0.15, 0.2) is 30.3 Å². The summed E-state index contributed by atoms with van der Waals surface area (Å²) in [7, 11) is 0. The summed E-state index contributed by atoms with van der Waals surface area (Å²) in [5.41, 5.74) is 1.12. The van der Waals surface area contributed by atoms with Gasteiger partial charge in [0.1, 0.15) is 0 Å². The largest absolute Gasteiger partial charge is 0.481 e. The number of carbonyl (C=O) groups is 2. The number of benzene rings is 1. The highest BCUT2D eigenvalue weighted by Gasteiger charge is 2.33.